The van der Waals surface area contributed by atoms with E-state index in [0.29, 0.717) is 18.4 Å². The molecule has 0 radical (unpaired) electrons. The van der Waals surface area contributed by atoms with Crippen LogP contribution in [0.3, 0.4) is 0 Å². The molecule has 2 saturated heterocycles. The van der Waals surface area contributed by atoms with Gasteiger partial charge in [-0.15, -0.1) is 0 Å². The maximum atomic E-state index is 11.8. The number of likely N-dealkylation sites (tertiary alicyclic amines) is 1. The zero-order chi connectivity index (χ0) is 13.1. The van der Waals surface area contributed by atoms with Crippen LogP contribution in [0.25, 0.3) is 0 Å². The van der Waals surface area contributed by atoms with Gasteiger partial charge in [-0.2, -0.15) is 0 Å². The second-order valence-corrected chi connectivity index (χ2v) is 5.34. The number of hydrogen-bond donors (Lipinski definition) is 0. The summed E-state index contributed by atoms with van der Waals surface area (Å²) in [6, 6.07) is 2.21. The lowest BCUT2D eigenvalue weighted by Crippen LogP contribution is -2.47. The lowest BCUT2D eigenvalue weighted by molar-refractivity contribution is -0.127. The number of piperidine rings is 1. The molecular weight excluding hydrogens is 240 g/mol. The second-order valence-electron chi connectivity index (χ2n) is 5.34. The van der Waals surface area contributed by atoms with Crippen molar-refractivity contribution in [1.29, 1.82) is 0 Å². The van der Waals surface area contributed by atoms with E-state index in [2.05, 4.69) is 14.9 Å². The molecule has 2 aliphatic heterocycles. The van der Waals surface area contributed by atoms with Crippen molar-refractivity contribution in [3.63, 3.8) is 0 Å². The van der Waals surface area contributed by atoms with Crippen molar-refractivity contribution in [3.05, 3.63) is 18.5 Å². The summed E-state index contributed by atoms with van der Waals surface area (Å²) in [7, 11) is 0. The van der Waals surface area contributed by atoms with E-state index in [1.807, 2.05) is 11.0 Å². The molecule has 0 N–H and O–H groups in total. The Bertz CT molecular complexity index is 436. The van der Waals surface area contributed by atoms with Crippen LogP contribution in [0.5, 0.6) is 0 Å². The molecule has 102 valence electrons. The van der Waals surface area contributed by atoms with Crippen LogP contribution in [0.2, 0.25) is 0 Å². The van der Waals surface area contributed by atoms with Crippen molar-refractivity contribution < 1.29 is 4.79 Å². The molecule has 1 unspecified atom stereocenters. The van der Waals surface area contributed by atoms with Gasteiger partial charge in [-0.25, -0.2) is 9.97 Å². The minimum Gasteiger partial charge on any atom is -0.341 e. The largest absolute Gasteiger partial charge is 0.341 e. The van der Waals surface area contributed by atoms with Gasteiger partial charge in [-0.1, -0.05) is 0 Å². The highest BCUT2D eigenvalue weighted by Crippen LogP contribution is 2.23. The predicted octanol–water partition coefficient (Wildman–Crippen LogP) is 1.46. The number of rotatable bonds is 3. The van der Waals surface area contributed by atoms with Gasteiger partial charge in [0.1, 0.15) is 0 Å². The normalized spacial score (nSPS) is 24.0. The molecule has 3 rings (SSSR count). The Morgan fingerprint density at radius 2 is 2.00 bits per heavy atom. The topological polar surface area (TPSA) is 49.3 Å². The summed E-state index contributed by atoms with van der Waals surface area (Å²) >= 11 is 0. The minimum absolute atomic E-state index is 0.305. The number of aromatic nitrogens is 2. The van der Waals surface area contributed by atoms with Crippen LogP contribution in [-0.2, 0) is 4.79 Å². The fraction of sp³-hybridized carbons (Fsp3) is 0.643. The average Bonchev–Trinajstić information content (AvgIpc) is 2.86. The molecule has 0 bridgehead atoms. The van der Waals surface area contributed by atoms with E-state index in [0.717, 1.165) is 38.4 Å². The van der Waals surface area contributed by atoms with Gasteiger partial charge >= 0.3 is 0 Å². The monoisotopic (exact) mass is 260 g/mol. The first-order valence-electron chi connectivity index (χ1n) is 7.16. The SMILES string of the molecule is O=C1CCCN1CC1CCCCN1c1ncccn1. The van der Waals surface area contributed by atoms with Crippen LogP contribution in [0.1, 0.15) is 32.1 Å². The first kappa shape index (κ1) is 12.4. The molecule has 0 saturated carbocycles. The van der Waals surface area contributed by atoms with Gasteiger partial charge in [-0.05, 0) is 31.7 Å². The lowest BCUT2D eigenvalue weighted by Gasteiger charge is -2.37. The molecule has 1 amide bonds. The standard InChI is InChI=1S/C14H20N4O/c19-13-6-3-9-17(13)11-12-5-1-2-10-18(12)14-15-7-4-8-16-14/h4,7-8,12H,1-3,5-6,9-11H2. The maximum absolute atomic E-state index is 11.8. The van der Waals surface area contributed by atoms with Crippen molar-refractivity contribution in [3.8, 4) is 0 Å². The molecule has 1 atom stereocenters. The van der Waals surface area contributed by atoms with Crippen molar-refractivity contribution in [2.24, 2.45) is 0 Å². The van der Waals surface area contributed by atoms with Crippen LogP contribution in [-0.4, -0.2) is 46.5 Å². The number of nitrogens with zero attached hydrogens (tertiary/aromatic N) is 4. The number of carbonyl (C=O) groups is 1. The number of hydrogen-bond acceptors (Lipinski definition) is 4. The molecular formula is C14H20N4O. The zero-order valence-electron chi connectivity index (χ0n) is 11.2. The zero-order valence-corrected chi connectivity index (χ0v) is 11.2. The average molecular weight is 260 g/mol. The van der Waals surface area contributed by atoms with E-state index in [4.69, 9.17) is 0 Å². The first-order valence-corrected chi connectivity index (χ1v) is 7.16. The Kier molecular flexibility index (Phi) is 3.62. The van der Waals surface area contributed by atoms with Crippen LogP contribution in [0.4, 0.5) is 5.95 Å². The predicted molar refractivity (Wildman–Crippen MR) is 72.8 cm³/mol. The van der Waals surface area contributed by atoms with Crippen LogP contribution in [0.15, 0.2) is 18.5 Å². The van der Waals surface area contributed by atoms with E-state index in [-0.39, 0.29) is 0 Å². The number of anilines is 1. The summed E-state index contributed by atoms with van der Waals surface area (Å²) in [6.45, 7) is 2.74. The lowest BCUT2D eigenvalue weighted by atomic mass is 10.0. The molecule has 2 aliphatic rings. The molecule has 1 aromatic rings. The van der Waals surface area contributed by atoms with Gasteiger partial charge in [0.2, 0.25) is 11.9 Å². The molecule has 0 aromatic carbocycles. The first-order chi connectivity index (χ1) is 9.34. The third kappa shape index (κ3) is 2.69. The Labute approximate surface area is 113 Å². The third-order valence-corrected chi connectivity index (χ3v) is 4.04. The smallest absolute Gasteiger partial charge is 0.225 e. The van der Waals surface area contributed by atoms with E-state index in [1.165, 1.54) is 12.8 Å². The summed E-state index contributed by atoms with van der Waals surface area (Å²) in [5.74, 6) is 1.11. The molecule has 5 heteroatoms. The molecule has 19 heavy (non-hydrogen) atoms. The van der Waals surface area contributed by atoms with Gasteiger partial charge < -0.3 is 9.80 Å². The van der Waals surface area contributed by atoms with E-state index >= 15 is 0 Å². The Balaban J connectivity index is 1.72. The van der Waals surface area contributed by atoms with Crippen LogP contribution >= 0.6 is 0 Å². The summed E-state index contributed by atoms with van der Waals surface area (Å²) in [4.78, 5) is 24.8. The van der Waals surface area contributed by atoms with E-state index < -0.39 is 0 Å². The highest BCUT2D eigenvalue weighted by atomic mass is 16.2. The second kappa shape index (κ2) is 5.55. The summed E-state index contributed by atoms with van der Waals surface area (Å²) in [5.41, 5.74) is 0. The Morgan fingerprint density at radius 3 is 2.74 bits per heavy atom. The summed E-state index contributed by atoms with van der Waals surface area (Å²) < 4.78 is 0. The number of amides is 1. The van der Waals surface area contributed by atoms with Gasteiger partial charge in [0, 0.05) is 44.5 Å². The summed E-state index contributed by atoms with van der Waals surface area (Å²) in [5, 5.41) is 0. The van der Waals surface area contributed by atoms with Crippen molar-refractivity contribution >= 4 is 11.9 Å². The minimum atomic E-state index is 0.305. The fourth-order valence-electron chi connectivity index (χ4n) is 3.04. The third-order valence-electron chi connectivity index (χ3n) is 4.04. The molecule has 1 aromatic heterocycles. The highest BCUT2D eigenvalue weighted by Gasteiger charge is 2.29. The highest BCUT2D eigenvalue weighted by molar-refractivity contribution is 5.78. The van der Waals surface area contributed by atoms with Crippen molar-refractivity contribution in [2.75, 3.05) is 24.5 Å². The molecule has 3 heterocycles. The van der Waals surface area contributed by atoms with Crippen LogP contribution in [0, 0.1) is 0 Å². The fourth-order valence-corrected chi connectivity index (χ4v) is 3.04. The Morgan fingerprint density at radius 1 is 1.16 bits per heavy atom. The van der Waals surface area contributed by atoms with Crippen molar-refractivity contribution in [2.45, 2.75) is 38.1 Å². The number of carbonyl (C=O) groups excluding carboxylic acids is 1. The Hall–Kier alpha value is -1.65. The van der Waals surface area contributed by atoms with E-state index in [9.17, 15) is 4.79 Å². The maximum Gasteiger partial charge on any atom is 0.225 e. The molecule has 5 nitrogen and oxygen atoms in total. The van der Waals surface area contributed by atoms with Gasteiger partial charge in [0.05, 0.1) is 0 Å². The van der Waals surface area contributed by atoms with Crippen LogP contribution < -0.4 is 4.90 Å². The summed E-state index contributed by atoms with van der Waals surface area (Å²) in [6.07, 6.45) is 8.84. The molecule has 0 spiro atoms. The van der Waals surface area contributed by atoms with Gasteiger partial charge in [0.25, 0.3) is 0 Å². The quantitative estimate of drug-likeness (QED) is 0.825. The van der Waals surface area contributed by atoms with Gasteiger partial charge in [-0.3, -0.25) is 4.79 Å². The van der Waals surface area contributed by atoms with Gasteiger partial charge in [0.15, 0.2) is 0 Å². The molecule has 2 fully saturated rings. The van der Waals surface area contributed by atoms with Crippen molar-refractivity contribution in [1.82, 2.24) is 14.9 Å². The van der Waals surface area contributed by atoms with E-state index in [1.54, 1.807) is 12.4 Å². The molecule has 0 aliphatic carbocycles.